The molecule has 176 valence electrons. The summed E-state index contributed by atoms with van der Waals surface area (Å²) < 4.78 is 0. The predicted octanol–water partition coefficient (Wildman–Crippen LogP) is 7.93. The van der Waals surface area contributed by atoms with Crippen LogP contribution in [0.15, 0.2) is 97.0 Å². The molecule has 0 aliphatic carbocycles. The lowest BCUT2D eigenvalue weighted by molar-refractivity contribution is 1.06. The summed E-state index contributed by atoms with van der Waals surface area (Å²) in [5, 5.41) is 4.60. The highest BCUT2D eigenvalue weighted by molar-refractivity contribution is 5.84. The number of nitrogens with one attached hydrogen (secondary N) is 1. The lowest BCUT2D eigenvalue weighted by Gasteiger charge is -2.13. The van der Waals surface area contributed by atoms with Crippen molar-refractivity contribution in [3.63, 3.8) is 0 Å². The number of pyridine rings is 1. The number of nitrogens with zero attached hydrogens (tertiary/aromatic N) is 3. The highest BCUT2D eigenvalue weighted by Gasteiger charge is 2.10. The second kappa shape index (κ2) is 11.4. The van der Waals surface area contributed by atoms with Crippen molar-refractivity contribution in [3.8, 4) is 11.3 Å². The Labute approximate surface area is 208 Å². The normalized spacial score (nSPS) is 12.5. The number of hydrogen-bond donors (Lipinski definition) is 1. The van der Waals surface area contributed by atoms with Crippen LogP contribution >= 0.6 is 0 Å². The predicted molar refractivity (Wildman–Crippen MR) is 148 cm³/mol. The Morgan fingerprint density at radius 1 is 1.00 bits per heavy atom. The van der Waals surface area contributed by atoms with E-state index in [2.05, 4.69) is 115 Å². The Morgan fingerprint density at radius 2 is 1.83 bits per heavy atom. The van der Waals surface area contributed by atoms with Crippen molar-refractivity contribution < 1.29 is 0 Å². The van der Waals surface area contributed by atoms with Gasteiger partial charge in [-0.1, -0.05) is 73.2 Å². The number of aromatic nitrogens is 3. The molecule has 4 heteroatoms. The van der Waals surface area contributed by atoms with Crippen LogP contribution in [-0.4, -0.2) is 15.0 Å². The molecule has 2 heterocycles. The smallest absolute Gasteiger partial charge is 0.133 e. The van der Waals surface area contributed by atoms with Gasteiger partial charge < -0.3 is 5.32 Å². The zero-order valence-corrected chi connectivity index (χ0v) is 20.9. The zero-order valence-electron chi connectivity index (χ0n) is 20.9. The van der Waals surface area contributed by atoms with Gasteiger partial charge in [-0.25, -0.2) is 9.97 Å². The van der Waals surface area contributed by atoms with Crippen molar-refractivity contribution in [1.82, 2.24) is 15.0 Å². The van der Waals surface area contributed by atoms with E-state index >= 15 is 0 Å². The largest absolute Gasteiger partial charge is 0.366 e. The molecule has 0 radical (unpaired) electrons. The van der Waals surface area contributed by atoms with Crippen LogP contribution in [-0.2, 0) is 6.54 Å². The van der Waals surface area contributed by atoms with Crippen LogP contribution in [0.2, 0.25) is 0 Å². The molecule has 0 saturated carbocycles. The average molecular weight is 461 g/mol. The van der Waals surface area contributed by atoms with Crippen molar-refractivity contribution in [2.24, 2.45) is 0 Å². The molecular formula is C31H32N4. The molecule has 0 saturated heterocycles. The number of benzene rings is 2. The fraction of sp³-hybridized carbons (Fsp3) is 0.194. The summed E-state index contributed by atoms with van der Waals surface area (Å²) in [6, 6.07) is 19.0. The van der Waals surface area contributed by atoms with Gasteiger partial charge in [-0.15, -0.1) is 0 Å². The van der Waals surface area contributed by atoms with Crippen molar-refractivity contribution in [3.05, 3.63) is 114 Å². The highest BCUT2D eigenvalue weighted by Crippen LogP contribution is 2.27. The van der Waals surface area contributed by atoms with E-state index in [1.54, 1.807) is 6.33 Å². The minimum Gasteiger partial charge on any atom is -0.366 e. The third kappa shape index (κ3) is 5.90. The van der Waals surface area contributed by atoms with Crippen molar-refractivity contribution in [2.45, 2.75) is 40.7 Å². The van der Waals surface area contributed by atoms with Crippen LogP contribution in [0.25, 0.3) is 27.7 Å². The summed E-state index contributed by atoms with van der Waals surface area (Å²) in [5.74, 6) is 0.847. The molecule has 4 rings (SSSR count). The molecule has 0 aliphatic rings. The van der Waals surface area contributed by atoms with Gasteiger partial charge in [-0.2, -0.15) is 0 Å². The summed E-state index contributed by atoms with van der Waals surface area (Å²) >= 11 is 0. The molecule has 0 fully saturated rings. The van der Waals surface area contributed by atoms with Gasteiger partial charge in [-0.05, 0) is 62.1 Å². The maximum absolute atomic E-state index is 4.57. The Hall–Kier alpha value is -4.05. The fourth-order valence-electron chi connectivity index (χ4n) is 4.18. The van der Waals surface area contributed by atoms with Gasteiger partial charge in [0, 0.05) is 29.3 Å². The third-order valence-electron chi connectivity index (χ3n) is 5.96. The first-order valence-electron chi connectivity index (χ1n) is 12.1. The first kappa shape index (κ1) is 24.1. The van der Waals surface area contributed by atoms with Gasteiger partial charge in [0.15, 0.2) is 0 Å². The first-order valence-corrected chi connectivity index (χ1v) is 12.1. The fourth-order valence-corrected chi connectivity index (χ4v) is 4.18. The summed E-state index contributed by atoms with van der Waals surface area (Å²) in [7, 11) is 0. The van der Waals surface area contributed by atoms with Gasteiger partial charge in [-0.3, -0.25) is 4.98 Å². The molecule has 4 aromatic rings. The molecule has 1 N–H and O–H groups in total. The summed E-state index contributed by atoms with van der Waals surface area (Å²) in [5.41, 5.74) is 8.92. The Bertz CT molecular complexity index is 1400. The molecule has 0 atom stereocenters. The van der Waals surface area contributed by atoms with E-state index in [0.717, 1.165) is 40.0 Å². The highest BCUT2D eigenvalue weighted by atomic mass is 15.0. The van der Waals surface area contributed by atoms with Crippen LogP contribution in [0.4, 0.5) is 5.82 Å². The third-order valence-corrected chi connectivity index (χ3v) is 5.96. The maximum atomic E-state index is 4.57. The van der Waals surface area contributed by atoms with Crippen LogP contribution in [0.3, 0.4) is 0 Å². The summed E-state index contributed by atoms with van der Waals surface area (Å²) in [6.07, 6.45) is 13.2. The van der Waals surface area contributed by atoms with Gasteiger partial charge >= 0.3 is 0 Å². The zero-order chi connectivity index (χ0) is 24.6. The molecule has 0 aliphatic heterocycles. The van der Waals surface area contributed by atoms with Crippen molar-refractivity contribution >= 4 is 22.3 Å². The van der Waals surface area contributed by atoms with E-state index in [1.807, 2.05) is 18.3 Å². The minimum absolute atomic E-state index is 0.691. The van der Waals surface area contributed by atoms with Crippen LogP contribution < -0.4 is 5.32 Å². The molecule has 0 amide bonds. The van der Waals surface area contributed by atoms with Crippen molar-refractivity contribution in [2.75, 3.05) is 5.32 Å². The topological polar surface area (TPSA) is 50.7 Å². The quantitative estimate of drug-likeness (QED) is 0.271. The van der Waals surface area contributed by atoms with Crippen LogP contribution in [0.1, 0.15) is 43.9 Å². The van der Waals surface area contributed by atoms with Crippen molar-refractivity contribution in [1.29, 1.82) is 0 Å². The van der Waals surface area contributed by atoms with Gasteiger partial charge in [0.1, 0.15) is 12.1 Å². The van der Waals surface area contributed by atoms with E-state index in [-0.39, 0.29) is 0 Å². The summed E-state index contributed by atoms with van der Waals surface area (Å²) in [6.45, 7) is 9.12. The SMILES string of the molecule is C\C=C/C(=C\C(C)=C\CC)c1ccc(CNc2ncnc(-c3ccc4ncccc4c3)c2C)cc1. The second-order valence-corrected chi connectivity index (χ2v) is 8.61. The molecule has 0 spiro atoms. The van der Waals surface area contributed by atoms with E-state index < -0.39 is 0 Å². The number of anilines is 1. The van der Waals surface area contributed by atoms with E-state index in [0.29, 0.717) is 6.54 Å². The Kier molecular flexibility index (Phi) is 7.84. The number of fused-ring (bicyclic) bond motifs is 1. The first-order chi connectivity index (χ1) is 17.1. The molecule has 0 bridgehead atoms. The molecule has 4 nitrogen and oxygen atoms in total. The van der Waals surface area contributed by atoms with E-state index in [1.165, 1.54) is 22.3 Å². The Balaban J connectivity index is 1.51. The molecule has 35 heavy (non-hydrogen) atoms. The van der Waals surface area contributed by atoms with Gasteiger partial charge in [0.2, 0.25) is 0 Å². The number of allylic oxidation sites excluding steroid dienone is 6. The lowest BCUT2D eigenvalue weighted by Crippen LogP contribution is -2.05. The molecular weight excluding hydrogens is 428 g/mol. The van der Waals surface area contributed by atoms with E-state index in [9.17, 15) is 0 Å². The molecule has 0 unspecified atom stereocenters. The van der Waals surface area contributed by atoms with Gasteiger partial charge in [0.25, 0.3) is 0 Å². The van der Waals surface area contributed by atoms with Gasteiger partial charge in [0.05, 0.1) is 11.2 Å². The van der Waals surface area contributed by atoms with Crippen LogP contribution in [0, 0.1) is 6.92 Å². The van der Waals surface area contributed by atoms with Crippen LogP contribution in [0.5, 0.6) is 0 Å². The molecule has 2 aromatic carbocycles. The number of rotatable bonds is 8. The lowest BCUT2D eigenvalue weighted by atomic mass is 10.0. The summed E-state index contributed by atoms with van der Waals surface area (Å²) in [4.78, 5) is 13.5. The Morgan fingerprint density at radius 3 is 2.60 bits per heavy atom. The maximum Gasteiger partial charge on any atom is 0.133 e. The monoisotopic (exact) mass is 460 g/mol. The number of hydrogen-bond acceptors (Lipinski definition) is 4. The molecule has 2 aromatic heterocycles. The minimum atomic E-state index is 0.691. The van der Waals surface area contributed by atoms with E-state index in [4.69, 9.17) is 0 Å². The standard InChI is InChI=1S/C31H32N4/c1-5-8-22(3)18-26(9-6-2)25-13-11-24(12-14-25)20-33-31-23(4)30(34-21-35-31)28-15-16-29-27(19-28)10-7-17-32-29/h6-19,21H,5,20H2,1-4H3,(H,33,34,35)/b9-6-,22-8+,26-18+. The average Bonchev–Trinajstić information content (AvgIpc) is 2.88. The second-order valence-electron chi connectivity index (χ2n) is 8.61.